The quantitative estimate of drug-likeness (QED) is 0.617. The van der Waals surface area contributed by atoms with Crippen LogP contribution >= 0.6 is 11.8 Å². The van der Waals surface area contributed by atoms with Gasteiger partial charge in [-0.1, -0.05) is 0 Å². The number of allylic oxidation sites excluding steroid dienone is 1. The molecule has 2 aliphatic heterocycles. The van der Waals surface area contributed by atoms with E-state index in [1.807, 2.05) is 11.8 Å². The molecule has 12 heavy (non-hydrogen) atoms. The first-order chi connectivity index (χ1) is 5.92. The van der Waals surface area contributed by atoms with Crippen LogP contribution in [0, 0.1) is 11.3 Å². The monoisotopic (exact) mass is 180 g/mol. The molecule has 0 spiro atoms. The number of hydrogen-bond acceptors (Lipinski definition) is 3. The second kappa shape index (κ2) is 3.40. The average molecular weight is 180 g/mol. The van der Waals surface area contributed by atoms with Crippen molar-refractivity contribution in [1.29, 1.82) is 5.26 Å². The van der Waals surface area contributed by atoms with E-state index in [1.54, 1.807) is 0 Å². The molecule has 0 N–H and O–H groups in total. The smallest absolute Gasteiger partial charge is 0.0974 e. The average Bonchev–Trinajstić information content (AvgIpc) is 2.74. The Morgan fingerprint density at radius 2 is 2.08 bits per heavy atom. The molecule has 0 amide bonds. The number of rotatable bonds is 1. The molecule has 0 aromatic carbocycles. The van der Waals surface area contributed by atoms with Crippen molar-refractivity contribution in [1.82, 2.24) is 4.90 Å². The fraction of sp³-hybridized carbons (Fsp3) is 0.667. The zero-order chi connectivity index (χ0) is 8.39. The van der Waals surface area contributed by atoms with Gasteiger partial charge >= 0.3 is 0 Å². The first-order valence-corrected chi connectivity index (χ1v) is 5.41. The van der Waals surface area contributed by atoms with Gasteiger partial charge < -0.3 is 4.90 Å². The van der Waals surface area contributed by atoms with Crippen LogP contribution in [-0.2, 0) is 0 Å². The lowest BCUT2D eigenvalue weighted by molar-refractivity contribution is 0.455. The molecule has 3 heteroatoms. The van der Waals surface area contributed by atoms with Crippen LogP contribution in [0.5, 0.6) is 0 Å². The molecule has 0 unspecified atom stereocenters. The fourth-order valence-electron chi connectivity index (χ4n) is 1.75. The highest BCUT2D eigenvalue weighted by Crippen LogP contribution is 2.35. The van der Waals surface area contributed by atoms with Crippen molar-refractivity contribution < 1.29 is 0 Å². The summed E-state index contributed by atoms with van der Waals surface area (Å²) >= 11 is 1.86. The summed E-state index contributed by atoms with van der Waals surface area (Å²) in [5.41, 5.74) is 1.02. The van der Waals surface area contributed by atoms with Crippen LogP contribution in [0.25, 0.3) is 0 Å². The fourth-order valence-corrected chi connectivity index (χ4v) is 2.94. The molecule has 64 valence electrons. The van der Waals surface area contributed by atoms with Crippen LogP contribution < -0.4 is 0 Å². The summed E-state index contributed by atoms with van der Waals surface area (Å²) < 4.78 is 0. The summed E-state index contributed by atoms with van der Waals surface area (Å²) in [6.07, 6.45) is 3.57. The molecular weight excluding hydrogens is 168 g/mol. The Kier molecular flexibility index (Phi) is 2.27. The summed E-state index contributed by atoms with van der Waals surface area (Å²) in [7, 11) is 0. The van der Waals surface area contributed by atoms with Crippen molar-refractivity contribution >= 4 is 11.8 Å². The molecule has 0 aromatic rings. The largest absolute Gasteiger partial charge is 0.366 e. The van der Waals surface area contributed by atoms with E-state index in [0.717, 1.165) is 30.8 Å². The van der Waals surface area contributed by atoms with Crippen molar-refractivity contribution in [2.75, 3.05) is 18.8 Å². The van der Waals surface area contributed by atoms with Crippen molar-refractivity contribution in [3.8, 4) is 6.07 Å². The van der Waals surface area contributed by atoms with Gasteiger partial charge in [-0.15, -0.1) is 11.8 Å². The Balaban J connectivity index is 2.15. The predicted octanol–water partition coefficient (Wildman–Crippen LogP) is 1.95. The number of likely N-dealkylation sites (tertiary alicyclic amines) is 1. The van der Waals surface area contributed by atoms with Gasteiger partial charge in [-0.05, 0) is 19.3 Å². The Labute approximate surface area is 77.2 Å². The van der Waals surface area contributed by atoms with Crippen molar-refractivity contribution in [3.63, 3.8) is 0 Å². The number of nitriles is 1. The molecule has 2 rings (SSSR count). The third kappa shape index (κ3) is 1.32. The highest BCUT2D eigenvalue weighted by molar-refractivity contribution is 8.03. The lowest BCUT2D eigenvalue weighted by atomic mass is 10.2. The number of hydrogen-bond donors (Lipinski definition) is 0. The first kappa shape index (κ1) is 8.00. The second-order valence-electron chi connectivity index (χ2n) is 3.19. The van der Waals surface area contributed by atoms with Crippen LogP contribution in [0.15, 0.2) is 10.6 Å². The van der Waals surface area contributed by atoms with Gasteiger partial charge in [-0.2, -0.15) is 5.26 Å². The molecule has 2 heterocycles. The van der Waals surface area contributed by atoms with Gasteiger partial charge in [0, 0.05) is 18.8 Å². The molecule has 0 saturated carbocycles. The molecule has 1 fully saturated rings. The van der Waals surface area contributed by atoms with E-state index in [1.165, 1.54) is 17.9 Å². The molecule has 0 atom stereocenters. The first-order valence-electron chi connectivity index (χ1n) is 4.43. The third-order valence-corrected chi connectivity index (χ3v) is 3.56. The molecule has 2 aliphatic rings. The minimum atomic E-state index is 0.979. The molecule has 0 radical (unpaired) electrons. The number of nitrogens with zero attached hydrogens (tertiary/aromatic N) is 2. The van der Waals surface area contributed by atoms with Gasteiger partial charge in [0.15, 0.2) is 0 Å². The summed E-state index contributed by atoms with van der Waals surface area (Å²) in [6.45, 7) is 2.32. The SMILES string of the molecule is N#CC1=C(N2CCCC2)SCC1. The van der Waals surface area contributed by atoms with Gasteiger partial charge in [0.25, 0.3) is 0 Å². The molecule has 0 bridgehead atoms. The Morgan fingerprint density at radius 3 is 2.75 bits per heavy atom. The highest BCUT2D eigenvalue weighted by Gasteiger charge is 2.22. The van der Waals surface area contributed by atoms with Gasteiger partial charge in [0.1, 0.15) is 0 Å². The van der Waals surface area contributed by atoms with E-state index in [-0.39, 0.29) is 0 Å². The Bertz CT molecular complexity index is 246. The normalized spacial score (nSPS) is 23.4. The topological polar surface area (TPSA) is 27.0 Å². The van der Waals surface area contributed by atoms with Gasteiger partial charge in [0.2, 0.25) is 0 Å². The second-order valence-corrected chi connectivity index (χ2v) is 4.27. The minimum Gasteiger partial charge on any atom is -0.366 e. The van der Waals surface area contributed by atoms with Crippen molar-refractivity contribution in [3.05, 3.63) is 10.6 Å². The van der Waals surface area contributed by atoms with E-state index < -0.39 is 0 Å². The maximum atomic E-state index is 8.85. The van der Waals surface area contributed by atoms with Gasteiger partial charge in [-0.3, -0.25) is 0 Å². The molecule has 0 aliphatic carbocycles. The molecule has 2 nitrogen and oxygen atoms in total. The minimum absolute atomic E-state index is 0.979. The predicted molar refractivity (Wildman–Crippen MR) is 50.5 cm³/mol. The zero-order valence-corrected chi connectivity index (χ0v) is 7.86. The van der Waals surface area contributed by atoms with E-state index >= 15 is 0 Å². The maximum Gasteiger partial charge on any atom is 0.0974 e. The lowest BCUT2D eigenvalue weighted by Crippen LogP contribution is -2.16. The van der Waals surface area contributed by atoms with Crippen LogP contribution in [-0.4, -0.2) is 23.7 Å². The summed E-state index contributed by atoms with van der Waals surface area (Å²) in [5.74, 6) is 1.11. The summed E-state index contributed by atoms with van der Waals surface area (Å²) in [5, 5.41) is 10.1. The molecule has 1 saturated heterocycles. The maximum absolute atomic E-state index is 8.85. The van der Waals surface area contributed by atoms with E-state index in [2.05, 4.69) is 11.0 Å². The van der Waals surface area contributed by atoms with Crippen molar-refractivity contribution in [2.24, 2.45) is 0 Å². The highest BCUT2D eigenvalue weighted by atomic mass is 32.2. The van der Waals surface area contributed by atoms with E-state index in [0.29, 0.717) is 0 Å². The zero-order valence-electron chi connectivity index (χ0n) is 7.05. The van der Waals surface area contributed by atoms with Crippen LogP contribution in [0.3, 0.4) is 0 Å². The van der Waals surface area contributed by atoms with Crippen molar-refractivity contribution in [2.45, 2.75) is 19.3 Å². The Morgan fingerprint density at radius 1 is 1.33 bits per heavy atom. The van der Waals surface area contributed by atoms with E-state index in [4.69, 9.17) is 5.26 Å². The van der Waals surface area contributed by atoms with Crippen LogP contribution in [0.2, 0.25) is 0 Å². The summed E-state index contributed by atoms with van der Waals surface area (Å²) in [4.78, 5) is 2.37. The van der Waals surface area contributed by atoms with Crippen LogP contribution in [0.1, 0.15) is 19.3 Å². The summed E-state index contributed by atoms with van der Waals surface area (Å²) in [6, 6.07) is 2.31. The van der Waals surface area contributed by atoms with E-state index in [9.17, 15) is 0 Å². The standard InChI is InChI=1S/C9H12N2S/c10-7-8-3-6-12-9(8)11-4-1-2-5-11/h1-6H2. The number of thioether (sulfide) groups is 1. The van der Waals surface area contributed by atoms with Crippen LogP contribution in [0.4, 0.5) is 0 Å². The Hall–Kier alpha value is -0.620. The van der Waals surface area contributed by atoms with Gasteiger partial charge in [0.05, 0.1) is 16.7 Å². The third-order valence-electron chi connectivity index (χ3n) is 2.38. The van der Waals surface area contributed by atoms with Gasteiger partial charge in [-0.25, -0.2) is 0 Å². The molecule has 0 aromatic heterocycles. The lowest BCUT2D eigenvalue weighted by Gasteiger charge is -2.18. The molecular formula is C9H12N2S.